The topological polar surface area (TPSA) is 35.2 Å². The Kier molecular flexibility index (Phi) is 4.08. The Morgan fingerprint density at radius 2 is 1.94 bits per heavy atom. The van der Waals surface area contributed by atoms with Gasteiger partial charge in [0, 0.05) is 18.6 Å². The highest BCUT2D eigenvalue weighted by molar-refractivity contribution is 5.37. The van der Waals surface area contributed by atoms with Crippen LogP contribution in [0, 0.1) is 5.92 Å². The zero-order valence-electron chi connectivity index (χ0n) is 11.8. The molecule has 0 aromatic heterocycles. The zero-order chi connectivity index (χ0) is 13.2. The third-order valence-electron chi connectivity index (χ3n) is 4.41. The average Bonchev–Trinajstić information content (AvgIpc) is 2.38. The van der Waals surface area contributed by atoms with Crippen LogP contribution in [0.1, 0.15) is 43.4 Å². The van der Waals surface area contributed by atoms with Crippen LogP contribution in [0.2, 0.25) is 0 Å². The van der Waals surface area contributed by atoms with Crippen molar-refractivity contribution in [2.45, 2.75) is 45.1 Å². The Bertz CT molecular complexity index is 412. The van der Waals surface area contributed by atoms with E-state index in [9.17, 15) is 0 Å². The fraction of sp³-hybridized carbons (Fsp3) is 0.625. The standard InChI is InChI=1S/C16H25NO/c1-12(11-18-3)16(2,17)15-9-8-13-6-4-5-7-14(13)10-15/h8-10,12H,4-7,11,17H2,1-3H3. The van der Waals surface area contributed by atoms with Gasteiger partial charge in [-0.2, -0.15) is 0 Å². The first kappa shape index (κ1) is 13.6. The molecule has 1 aliphatic carbocycles. The van der Waals surface area contributed by atoms with Crippen molar-refractivity contribution in [1.29, 1.82) is 0 Å². The molecular formula is C16H25NO. The van der Waals surface area contributed by atoms with E-state index in [2.05, 4.69) is 32.0 Å². The van der Waals surface area contributed by atoms with E-state index in [1.54, 1.807) is 7.11 Å². The summed E-state index contributed by atoms with van der Waals surface area (Å²) < 4.78 is 5.24. The summed E-state index contributed by atoms with van der Waals surface area (Å²) in [6, 6.07) is 6.80. The molecule has 1 aliphatic rings. The molecule has 18 heavy (non-hydrogen) atoms. The van der Waals surface area contributed by atoms with Crippen molar-refractivity contribution in [3.63, 3.8) is 0 Å². The number of rotatable bonds is 4. The minimum atomic E-state index is -0.317. The van der Waals surface area contributed by atoms with Gasteiger partial charge in [0.25, 0.3) is 0 Å². The Balaban J connectivity index is 2.27. The Morgan fingerprint density at radius 1 is 1.28 bits per heavy atom. The smallest absolute Gasteiger partial charge is 0.0508 e. The first-order valence-corrected chi connectivity index (χ1v) is 6.96. The monoisotopic (exact) mass is 247 g/mol. The summed E-state index contributed by atoms with van der Waals surface area (Å²) in [6.07, 6.45) is 5.07. The van der Waals surface area contributed by atoms with Gasteiger partial charge >= 0.3 is 0 Å². The lowest BCUT2D eigenvalue weighted by Gasteiger charge is -2.33. The Morgan fingerprint density at radius 3 is 2.61 bits per heavy atom. The molecule has 1 aromatic rings. The molecule has 0 saturated heterocycles. The van der Waals surface area contributed by atoms with E-state index in [1.807, 2.05) is 0 Å². The molecule has 2 N–H and O–H groups in total. The number of methoxy groups -OCH3 is 1. The number of fused-ring (bicyclic) bond motifs is 1. The number of hydrogen-bond donors (Lipinski definition) is 1. The SMILES string of the molecule is COCC(C)C(C)(N)c1ccc2c(c1)CCCC2. The molecule has 1 aromatic carbocycles. The molecule has 0 fully saturated rings. The van der Waals surface area contributed by atoms with Gasteiger partial charge in [0.1, 0.15) is 0 Å². The van der Waals surface area contributed by atoms with Crippen LogP contribution in [0.25, 0.3) is 0 Å². The molecule has 0 aliphatic heterocycles. The van der Waals surface area contributed by atoms with Gasteiger partial charge in [0.15, 0.2) is 0 Å². The van der Waals surface area contributed by atoms with Gasteiger partial charge < -0.3 is 10.5 Å². The average molecular weight is 247 g/mol. The summed E-state index contributed by atoms with van der Waals surface area (Å²) in [4.78, 5) is 0. The summed E-state index contributed by atoms with van der Waals surface area (Å²) in [5.41, 5.74) is 10.5. The predicted molar refractivity (Wildman–Crippen MR) is 75.7 cm³/mol. The molecule has 2 heteroatoms. The van der Waals surface area contributed by atoms with E-state index in [1.165, 1.54) is 42.4 Å². The summed E-state index contributed by atoms with van der Waals surface area (Å²) in [5, 5.41) is 0. The number of aryl methyl sites for hydroxylation is 2. The lowest BCUT2D eigenvalue weighted by atomic mass is 9.79. The number of benzene rings is 1. The van der Waals surface area contributed by atoms with Crippen molar-refractivity contribution in [3.05, 3.63) is 34.9 Å². The molecule has 0 bridgehead atoms. The predicted octanol–water partition coefficient (Wildman–Crippen LogP) is 3.02. The maximum Gasteiger partial charge on any atom is 0.0508 e. The normalized spacial score (nSPS) is 20.0. The first-order chi connectivity index (χ1) is 8.55. The van der Waals surface area contributed by atoms with Crippen molar-refractivity contribution < 1.29 is 4.74 Å². The third-order valence-corrected chi connectivity index (χ3v) is 4.41. The van der Waals surface area contributed by atoms with Crippen LogP contribution in [0.4, 0.5) is 0 Å². The maximum atomic E-state index is 6.52. The van der Waals surface area contributed by atoms with Crippen molar-refractivity contribution in [2.24, 2.45) is 11.7 Å². The highest BCUT2D eigenvalue weighted by atomic mass is 16.5. The van der Waals surface area contributed by atoms with Crippen LogP contribution >= 0.6 is 0 Å². The first-order valence-electron chi connectivity index (χ1n) is 6.96. The van der Waals surface area contributed by atoms with Gasteiger partial charge in [0.2, 0.25) is 0 Å². The third kappa shape index (κ3) is 2.60. The van der Waals surface area contributed by atoms with Crippen molar-refractivity contribution in [3.8, 4) is 0 Å². The minimum Gasteiger partial charge on any atom is -0.384 e. The summed E-state index contributed by atoms with van der Waals surface area (Å²) in [6.45, 7) is 4.97. The van der Waals surface area contributed by atoms with E-state index in [0.29, 0.717) is 12.5 Å². The summed E-state index contributed by atoms with van der Waals surface area (Å²) in [5.74, 6) is 0.309. The molecule has 2 unspecified atom stereocenters. The fourth-order valence-electron chi connectivity index (χ4n) is 2.78. The molecule has 0 spiro atoms. The van der Waals surface area contributed by atoms with Crippen LogP contribution in [0.5, 0.6) is 0 Å². The van der Waals surface area contributed by atoms with Gasteiger partial charge in [-0.25, -0.2) is 0 Å². The maximum absolute atomic E-state index is 6.52. The Labute approximate surface area is 111 Å². The van der Waals surface area contributed by atoms with Crippen molar-refractivity contribution in [2.75, 3.05) is 13.7 Å². The molecule has 2 atom stereocenters. The Hall–Kier alpha value is -0.860. The largest absolute Gasteiger partial charge is 0.384 e. The molecule has 0 saturated carbocycles. The van der Waals surface area contributed by atoms with Gasteiger partial charge in [0.05, 0.1) is 6.61 Å². The second-order valence-electron chi connectivity index (χ2n) is 5.83. The van der Waals surface area contributed by atoms with E-state index in [4.69, 9.17) is 10.5 Å². The van der Waals surface area contributed by atoms with Gasteiger partial charge in [-0.05, 0) is 49.3 Å². The number of hydrogen-bond acceptors (Lipinski definition) is 2. The van der Waals surface area contributed by atoms with Crippen molar-refractivity contribution in [1.82, 2.24) is 0 Å². The molecular weight excluding hydrogens is 222 g/mol. The van der Waals surface area contributed by atoms with E-state index in [-0.39, 0.29) is 5.54 Å². The molecule has 0 amide bonds. The zero-order valence-corrected chi connectivity index (χ0v) is 11.8. The highest BCUT2D eigenvalue weighted by Crippen LogP contribution is 2.30. The lowest BCUT2D eigenvalue weighted by Crippen LogP contribution is -2.42. The van der Waals surface area contributed by atoms with Crippen LogP contribution in [0.3, 0.4) is 0 Å². The van der Waals surface area contributed by atoms with E-state index >= 15 is 0 Å². The molecule has 100 valence electrons. The summed E-state index contributed by atoms with van der Waals surface area (Å²) in [7, 11) is 1.74. The lowest BCUT2D eigenvalue weighted by molar-refractivity contribution is 0.121. The molecule has 0 radical (unpaired) electrons. The minimum absolute atomic E-state index is 0.309. The van der Waals surface area contributed by atoms with Crippen LogP contribution < -0.4 is 5.73 Å². The van der Waals surface area contributed by atoms with Crippen molar-refractivity contribution >= 4 is 0 Å². The molecule has 2 nitrogen and oxygen atoms in total. The van der Waals surface area contributed by atoms with E-state index in [0.717, 1.165) is 0 Å². The quantitative estimate of drug-likeness (QED) is 0.887. The summed E-state index contributed by atoms with van der Waals surface area (Å²) >= 11 is 0. The highest BCUT2D eigenvalue weighted by Gasteiger charge is 2.29. The van der Waals surface area contributed by atoms with Crippen LogP contribution in [-0.2, 0) is 23.1 Å². The van der Waals surface area contributed by atoms with Crippen LogP contribution in [0.15, 0.2) is 18.2 Å². The number of ether oxygens (including phenoxy) is 1. The van der Waals surface area contributed by atoms with Gasteiger partial charge in [-0.15, -0.1) is 0 Å². The van der Waals surface area contributed by atoms with Gasteiger partial charge in [-0.3, -0.25) is 0 Å². The fourth-order valence-corrected chi connectivity index (χ4v) is 2.78. The van der Waals surface area contributed by atoms with Gasteiger partial charge in [-0.1, -0.05) is 25.1 Å². The molecule has 0 heterocycles. The number of nitrogens with two attached hydrogens (primary N) is 1. The second kappa shape index (κ2) is 5.41. The molecule has 2 rings (SSSR count). The van der Waals surface area contributed by atoms with E-state index < -0.39 is 0 Å². The second-order valence-corrected chi connectivity index (χ2v) is 5.83. The van der Waals surface area contributed by atoms with Crippen LogP contribution in [-0.4, -0.2) is 13.7 Å².